The zero-order chi connectivity index (χ0) is 25.0. The molecule has 2 heterocycles. The molecule has 35 heavy (non-hydrogen) atoms. The third kappa shape index (κ3) is 6.13. The molecule has 0 unspecified atom stereocenters. The topological polar surface area (TPSA) is 105 Å². The number of thiophene rings is 1. The van der Waals surface area contributed by atoms with E-state index in [2.05, 4.69) is 16.0 Å². The van der Waals surface area contributed by atoms with Crippen LogP contribution in [0.5, 0.6) is 5.75 Å². The lowest BCUT2D eigenvalue weighted by molar-refractivity contribution is -0.124. The molecule has 0 saturated heterocycles. The van der Waals surface area contributed by atoms with Crippen molar-refractivity contribution in [3.05, 3.63) is 65.5 Å². The summed E-state index contributed by atoms with van der Waals surface area (Å²) in [5, 5.41) is 10.8. The molecule has 180 valence electrons. The molecule has 0 fully saturated rings. The summed E-state index contributed by atoms with van der Waals surface area (Å²) in [6.45, 7) is 5.69. The molecule has 9 heteroatoms. The van der Waals surface area contributed by atoms with Gasteiger partial charge in [-0.15, -0.1) is 11.3 Å². The van der Waals surface area contributed by atoms with E-state index in [0.29, 0.717) is 23.0 Å². The van der Waals surface area contributed by atoms with Gasteiger partial charge >= 0.3 is 0 Å². The molecule has 2 aromatic heterocycles. The van der Waals surface area contributed by atoms with Crippen molar-refractivity contribution in [1.82, 2.24) is 20.6 Å². The summed E-state index contributed by atoms with van der Waals surface area (Å²) < 4.78 is 6.63. The molecule has 4 rings (SSSR count). The Hall–Kier alpha value is -3.98. The summed E-state index contributed by atoms with van der Waals surface area (Å²) in [5.41, 5.74) is 2.65. The molecule has 4 aromatic rings. The van der Waals surface area contributed by atoms with E-state index >= 15 is 0 Å². The van der Waals surface area contributed by atoms with Gasteiger partial charge in [0.25, 0.3) is 11.8 Å². The van der Waals surface area contributed by atoms with Crippen LogP contribution in [0.25, 0.3) is 21.6 Å². The first kappa shape index (κ1) is 24.2. The first-order valence-electron chi connectivity index (χ1n) is 11.1. The largest absolute Gasteiger partial charge is 0.484 e. The lowest BCUT2D eigenvalue weighted by Crippen LogP contribution is -2.43. The Morgan fingerprint density at radius 1 is 1.03 bits per heavy atom. The second kappa shape index (κ2) is 10.1. The van der Waals surface area contributed by atoms with E-state index in [9.17, 15) is 9.59 Å². The van der Waals surface area contributed by atoms with Crippen molar-refractivity contribution in [3.63, 3.8) is 0 Å². The molecular formula is C26H27N5O3S. The maximum absolute atomic E-state index is 12.1. The van der Waals surface area contributed by atoms with E-state index in [1.807, 2.05) is 62.5 Å². The van der Waals surface area contributed by atoms with E-state index in [1.165, 1.54) is 0 Å². The van der Waals surface area contributed by atoms with Crippen molar-refractivity contribution in [2.45, 2.75) is 26.3 Å². The van der Waals surface area contributed by atoms with Crippen LogP contribution in [0.1, 0.15) is 31.1 Å². The number of carbonyl (C=O) groups is 2. The average molecular weight is 490 g/mol. The molecule has 0 saturated carbocycles. The van der Waals surface area contributed by atoms with Crippen LogP contribution in [0.2, 0.25) is 0 Å². The number of nitrogens with one attached hydrogen (secondary N) is 3. The first-order chi connectivity index (χ1) is 16.7. The van der Waals surface area contributed by atoms with Gasteiger partial charge in [0, 0.05) is 29.4 Å². The smallest absolute Gasteiger partial charge is 0.258 e. The fraction of sp³-hybridized carbons (Fsp3) is 0.231. The highest BCUT2D eigenvalue weighted by Crippen LogP contribution is 2.32. The molecule has 0 aliphatic heterocycles. The van der Waals surface area contributed by atoms with Crippen LogP contribution in [0.15, 0.2) is 60.0 Å². The van der Waals surface area contributed by atoms with E-state index < -0.39 is 0 Å². The molecule has 0 aliphatic carbocycles. The zero-order valence-electron chi connectivity index (χ0n) is 20.0. The fourth-order valence-corrected chi connectivity index (χ4v) is 4.17. The summed E-state index contributed by atoms with van der Waals surface area (Å²) in [6, 6.07) is 16.5. The highest BCUT2D eigenvalue weighted by Gasteiger charge is 2.15. The number of anilines is 2. The van der Waals surface area contributed by atoms with Crippen molar-refractivity contribution < 1.29 is 14.3 Å². The number of benzene rings is 2. The standard InChI is InChI=1S/C26H27N5O3S/c1-26(2,3)31-21(32)15-34-19-7-5-6-17(14-19)23-29-20-12-13-35-22(20)24(30-23)28-18-10-8-16(9-11-18)25(33)27-4/h5-14H,15H2,1-4H3,(H,27,33)(H,31,32)(H,28,29,30). The summed E-state index contributed by atoms with van der Waals surface area (Å²) >= 11 is 1.55. The monoisotopic (exact) mass is 489 g/mol. The van der Waals surface area contributed by atoms with Gasteiger partial charge in [0.15, 0.2) is 18.2 Å². The van der Waals surface area contributed by atoms with Gasteiger partial charge in [0.2, 0.25) is 0 Å². The predicted octanol–water partition coefficient (Wildman–Crippen LogP) is 4.76. The van der Waals surface area contributed by atoms with Gasteiger partial charge in [-0.1, -0.05) is 12.1 Å². The zero-order valence-corrected chi connectivity index (χ0v) is 20.8. The Morgan fingerprint density at radius 3 is 2.51 bits per heavy atom. The Balaban J connectivity index is 1.57. The van der Waals surface area contributed by atoms with Gasteiger partial charge in [-0.05, 0) is 68.6 Å². The van der Waals surface area contributed by atoms with Gasteiger partial charge in [0.1, 0.15) is 5.75 Å². The van der Waals surface area contributed by atoms with E-state index in [1.54, 1.807) is 36.6 Å². The molecule has 8 nitrogen and oxygen atoms in total. The summed E-state index contributed by atoms with van der Waals surface area (Å²) in [6.07, 6.45) is 0. The molecular weight excluding hydrogens is 462 g/mol. The third-order valence-electron chi connectivity index (χ3n) is 4.92. The normalized spacial score (nSPS) is 11.2. The number of amides is 2. The third-order valence-corrected chi connectivity index (χ3v) is 5.83. The second-order valence-corrected chi connectivity index (χ2v) is 9.84. The summed E-state index contributed by atoms with van der Waals surface area (Å²) in [7, 11) is 1.60. The molecule has 0 radical (unpaired) electrons. The summed E-state index contributed by atoms with van der Waals surface area (Å²) in [4.78, 5) is 33.4. The SMILES string of the molecule is CNC(=O)c1ccc(Nc2nc(-c3cccc(OCC(=O)NC(C)(C)C)c3)nc3ccsc23)cc1. The Bertz CT molecular complexity index is 1360. The predicted molar refractivity (Wildman–Crippen MR) is 139 cm³/mol. The van der Waals surface area contributed by atoms with Crippen LogP contribution < -0.4 is 20.7 Å². The molecule has 0 spiro atoms. The molecule has 3 N–H and O–H groups in total. The molecule has 0 aliphatic rings. The van der Waals surface area contributed by atoms with Crippen molar-refractivity contribution >= 4 is 44.9 Å². The maximum Gasteiger partial charge on any atom is 0.258 e. The second-order valence-electron chi connectivity index (χ2n) is 8.93. The van der Waals surface area contributed by atoms with Gasteiger partial charge < -0.3 is 20.7 Å². The number of carbonyl (C=O) groups excluding carboxylic acids is 2. The molecule has 2 aromatic carbocycles. The van der Waals surface area contributed by atoms with Crippen molar-refractivity contribution in [2.24, 2.45) is 0 Å². The van der Waals surface area contributed by atoms with Gasteiger partial charge in [-0.2, -0.15) is 0 Å². The van der Waals surface area contributed by atoms with Crippen LogP contribution in [0.3, 0.4) is 0 Å². The number of hydrogen-bond donors (Lipinski definition) is 3. The Kier molecular flexibility index (Phi) is 6.97. The van der Waals surface area contributed by atoms with E-state index in [4.69, 9.17) is 14.7 Å². The van der Waals surface area contributed by atoms with Crippen molar-refractivity contribution in [3.8, 4) is 17.1 Å². The number of nitrogens with zero attached hydrogens (tertiary/aromatic N) is 2. The lowest BCUT2D eigenvalue weighted by atomic mass is 10.1. The van der Waals surface area contributed by atoms with Crippen LogP contribution in [-0.4, -0.2) is 41.0 Å². The number of rotatable bonds is 7. The number of fused-ring (bicyclic) bond motifs is 1. The van der Waals surface area contributed by atoms with Crippen LogP contribution in [0.4, 0.5) is 11.5 Å². The van der Waals surface area contributed by atoms with Crippen molar-refractivity contribution in [2.75, 3.05) is 19.0 Å². The van der Waals surface area contributed by atoms with Crippen LogP contribution in [-0.2, 0) is 4.79 Å². The maximum atomic E-state index is 12.1. The lowest BCUT2D eigenvalue weighted by Gasteiger charge is -2.20. The van der Waals surface area contributed by atoms with Crippen LogP contribution in [0, 0.1) is 0 Å². The Morgan fingerprint density at radius 2 is 1.80 bits per heavy atom. The van der Waals surface area contributed by atoms with E-state index in [0.717, 1.165) is 21.5 Å². The first-order valence-corrected chi connectivity index (χ1v) is 12.0. The van der Waals surface area contributed by atoms with Gasteiger partial charge in [-0.25, -0.2) is 9.97 Å². The average Bonchev–Trinajstić information content (AvgIpc) is 3.31. The van der Waals surface area contributed by atoms with Gasteiger partial charge in [0.05, 0.1) is 10.2 Å². The Labute approximate surface area is 207 Å². The van der Waals surface area contributed by atoms with Crippen LogP contribution >= 0.6 is 11.3 Å². The van der Waals surface area contributed by atoms with Gasteiger partial charge in [-0.3, -0.25) is 9.59 Å². The number of ether oxygens (including phenoxy) is 1. The molecule has 0 bridgehead atoms. The highest BCUT2D eigenvalue weighted by atomic mass is 32.1. The number of hydrogen-bond acceptors (Lipinski definition) is 7. The summed E-state index contributed by atoms with van der Waals surface area (Å²) in [5.74, 6) is 1.43. The number of aromatic nitrogens is 2. The molecule has 0 atom stereocenters. The molecule has 2 amide bonds. The van der Waals surface area contributed by atoms with Crippen molar-refractivity contribution in [1.29, 1.82) is 0 Å². The fourth-order valence-electron chi connectivity index (χ4n) is 3.39. The minimum Gasteiger partial charge on any atom is -0.484 e. The highest BCUT2D eigenvalue weighted by molar-refractivity contribution is 7.17. The minimum absolute atomic E-state index is 0.0794. The minimum atomic E-state index is -0.321. The van der Waals surface area contributed by atoms with E-state index in [-0.39, 0.29) is 24.0 Å². The quantitative estimate of drug-likeness (QED) is 0.346.